The van der Waals surface area contributed by atoms with Crippen LogP contribution in [0.3, 0.4) is 0 Å². The molecule has 2 aromatic carbocycles. The van der Waals surface area contributed by atoms with Gasteiger partial charge in [-0.1, -0.05) is 6.07 Å². The number of primary amides is 1. The molecule has 0 bridgehead atoms. The van der Waals surface area contributed by atoms with Crippen molar-refractivity contribution >= 4 is 16.8 Å². The number of rotatable bonds is 2. The van der Waals surface area contributed by atoms with E-state index in [-0.39, 0.29) is 5.82 Å². The molecule has 2 N–H and O–H groups in total. The van der Waals surface area contributed by atoms with Crippen LogP contribution < -0.4 is 5.73 Å². The average Bonchev–Trinajstić information content (AvgIpc) is 2.86. The van der Waals surface area contributed by atoms with Crippen molar-refractivity contribution in [2.45, 2.75) is 6.92 Å². The number of carbonyl (C=O) groups is 1. The van der Waals surface area contributed by atoms with Crippen molar-refractivity contribution in [2.24, 2.45) is 12.8 Å². The van der Waals surface area contributed by atoms with Crippen LogP contribution in [0.15, 0.2) is 36.4 Å². The van der Waals surface area contributed by atoms with Gasteiger partial charge in [0.1, 0.15) is 11.5 Å². The predicted octanol–water partition coefficient (Wildman–Crippen LogP) is 3.26. The van der Waals surface area contributed by atoms with E-state index >= 15 is 0 Å². The first kappa shape index (κ1) is 14.8. The van der Waals surface area contributed by atoms with Crippen LogP contribution in [0.25, 0.3) is 22.0 Å². The number of halogens is 1. The molecule has 1 heterocycles. The molecule has 0 aliphatic rings. The average molecular weight is 307 g/mol. The van der Waals surface area contributed by atoms with Gasteiger partial charge in [-0.2, -0.15) is 5.26 Å². The summed E-state index contributed by atoms with van der Waals surface area (Å²) in [6.07, 6.45) is 0. The topological polar surface area (TPSA) is 71.8 Å². The molecule has 0 unspecified atom stereocenters. The highest BCUT2D eigenvalue weighted by Gasteiger charge is 2.16. The number of aromatic nitrogens is 1. The van der Waals surface area contributed by atoms with Crippen molar-refractivity contribution in [2.75, 3.05) is 0 Å². The second kappa shape index (κ2) is 5.25. The van der Waals surface area contributed by atoms with Crippen molar-refractivity contribution < 1.29 is 9.18 Å². The normalized spacial score (nSPS) is 10.7. The maximum Gasteiger partial charge on any atom is 0.265 e. The Morgan fingerprint density at radius 1 is 1.26 bits per heavy atom. The van der Waals surface area contributed by atoms with Crippen LogP contribution in [0.1, 0.15) is 21.6 Å². The molecular formula is C18H14FN3O. The maximum absolute atomic E-state index is 13.5. The summed E-state index contributed by atoms with van der Waals surface area (Å²) < 4.78 is 15.2. The molecule has 5 heteroatoms. The van der Waals surface area contributed by atoms with Crippen molar-refractivity contribution in [3.8, 4) is 17.2 Å². The van der Waals surface area contributed by atoms with Crippen LogP contribution in [0.2, 0.25) is 0 Å². The largest absolute Gasteiger partial charge is 0.364 e. The second-order valence-electron chi connectivity index (χ2n) is 5.49. The summed E-state index contributed by atoms with van der Waals surface area (Å²) in [5, 5.41) is 9.99. The molecule has 23 heavy (non-hydrogen) atoms. The first-order chi connectivity index (χ1) is 10.9. The molecule has 0 saturated heterocycles. The van der Waals surface area contributed by atoms with Gasteiger partial charge in [0.2, 0.25) is 0 Å². The highest BCUT2D eigenvalue weighted by Crippen LogP contribution is 2.32. The standard InChI is InChI=1S/C18H14FN3O/c1-10-5-12(3-4-15(10)19)14-7-11(9-20)6-13-8-16(18(21)23)22(2)17(13)14/h3-8H,1-2H3,(H2,21,23). The Kier molecular flexibility index (Phi) is 3.38. The second-order valence-corrected chi connectivity index (χ2v) is 5.49. The number of hydrogen-bond acceptors (Lipinski definition) is 2. The Balaban J connectivity index is 2.40. The smallest absolute Gasteiger partial charge is 0.265 e. The minimum absolute atomic E-state index is 0.286. The number of aryl methyl sites for hydroxylation is 2. The molecule has 1 aromatic heterocycles. The quantitative estimate of drug-likeness (QED) is 0.789. The SMILES string of the molecule is Cc1cc(-c2cc(C#N)cc3cc(C(N)=O)n(C)c23)ccc1F. The Bertz CT molecular complexity index is 996. The molecular weight excluding hydrogens is 293 g/mol. The molecule has 0 atom stereocenters. The third-order valence-corrected chi connectivity index (χ3v) is 3.98. The van der Waals surface area contributed by atoms with Gasteiger partial charge in [0, 0.05) is 18.0 Å². The number of carbonyl (C=O) groups excluding carboxylic acids is 1. The number of hydrogen-bond donors (Lipinski definition) is 1. The zero-order chi connectivity index (χ0) is 16.7. The molecule has 4 nitrogen and oxygen atoms in total. The summed E-state index contributed by atoms with van der Waals surface area (Å²) in [7, 11) is 1.74. The zero-order valence-electron chi connectivity index (χ0n) is 12.7. The number of fused-ring (bicyclic) bond motifs is 1. The van der Waals surface area contributed by atoms with Crippen molar-refractivity contribution in [3.05, 3.63) is 59.0 Å². The molecule has 0 spiro atoms. The molecule has 114 valence electrons. The van der Waals surface area contributed by atoms with Crippen LogP contribution in [0, 0.1) is 24.1 Å². The van der Waals surface area contributed by atoms with Crippen LogP contribution >= 0.6 is 0 Å². The molecule has 0 aliphatic carbocycles. The monoisotopic (exact) mass is 307 g/mol. The Morgan fingerprint density at radius 2 is 2.00 bits per heavy atom. The van der Waals surface area contributed by atoms with Crippen LogP contribution in [-0.4, -0.2) is 10.5 Å². The number of nitriles is 1. The highest BCUT2D eigenvalue weighted by atomic mass is 19.1. The summed E-state index contributed by atoms with van der Waals surface area (Å²) in [6.45, 7) is 1.68. The lowest BCUT2D eigenvalue weighted by Gasteiger charge is -2.10. The third kappa shape index (κ3) is 2.34. The summed E-state index contributed by atoms with van der Waals surface area (Å²) >= 11 is 0. The van der Waals surface area contributed by atoms with Crippen LogP contribution in [0.4, 0.5) is 4.39 Å². The number of nitrogens with two attached hydrogens (primary N) is 1. The van der Waals surface area contributed by atoms with Gasteiger partial charge in [0.15, 0.2) is 0 Å². The third-order valence-electron chi connectivity index (χ3n) is 3.98. The molecule has 0 radical (unpaired) electrons. The number of amides is 1. The maximum atomic E-state index is 13.5. The van der Waals surface area contributed by atoms with E-state index in [4.69, 9.17) is 5.73 Å². The highest BCUT2D eigenvalue weighted by molar-refractivity contribution is 6.03. The molecule has 1 amide bonds. The fourth-order valence-corrected chi connectivity index (χ4v) is 2.84. The summed E-state index contributed by atoms with van der Waals surface area (Å²) in [5.74, 6) is -0.824. The molecule has 0 aliphatic heterocycles. The minimum Gasteiger partial charge on any atom is -0.364 e. The van der Waals surface area contributed by atoms with Crippen molar-refractivity contribution in [3.63, 3.8) is 0 Å². The van der Waals surface area contributed by atoms with Gasteiger partial charge in [-0.3, -0.25) is 4.79 Å². The lowest BCUT2D eigenvalue weighted by atomic mass is 9.98. The Morgan fingerprint density at radius 3 is 2.61 bits per heavy atom. The van der Waals surface area contributed by atoms with E-state index in [1.807, 2.05) is 0 Å². The lowest BCUT2D eigenvalue weighted by molar-refractivity contribution is 0.0993. The van der Waals surface area contributed by atoms with E-state index in [1.165, 1.54) is 6.07 Å². The predicted molar refractivity (Wildman–Crippen MR) is 86.3 cm³/mol. The summed E-state index contributed by atoms with van der Waals surface area (Å²) in [4.78, 5) is 11.6. The van der Waals surface area contributed by atoms with Gasteiger partial charge >= 0.3 is 0 Å². The van der Waals surface area contributed by atoms with E-state index in [2.05, 4.69) is 6.07 Å². The van der Waals surface area contributed by atoms with Crippen LogP contribution in [-0.2, 0) is 7.05 Å². The lowest BCUT2D eigenvalue weighted by Crippen LogP contribution is -2.15. The van der Waals surface area contributed by atoms with Gasteiger partial charge < -0.3 is 10.3 Å². The van der Waals surface area contributed by atoms with E-state index < -0.39 is 5.91 Å². The van der Waals surface area contributed by atoms with E-state index in [9.17, 15) is 14.4 Å². The zero-order valence-corrected chi connectivity index (χ0v) is 12.7. The Hall–Kier alpha value is -3.13. The van der Waals surface area contributed by atoms with Crippen molar-refractivity contribution in [1.29, 1.82) is 5.26 Å². The van der Waals surface area contributed by atoms with E-state index in [0.29, 0.717) is 16.8 Å². The van der Waals surface area contributed by atoms with Crippen molar-refractivity contribution in [1.82, 2.24) is 4.57 Å². The van der Waals surface area contributed by atoms with Gasteiger partial charge in [-0.25, -0.2) is 4.39 Å². The summed E-state index contributed by atoms with van der Waals surface area (Å²) in [5.41, 5.74) is 9.07. The molecule has 3 aromatic rings. The van der Waals surface area contributed by atoms with Gasteiger partial charge in [-0.15, -0.1) is 0 Å². The van der Waals surface area contributed by atoms with E-state index in [1.54, 1.807) is 48.9 Å². The fourth-order valence-electron chi connectivity index (χ4n) is 2.84. The summed E-state index contributed by atoms with van der Waals surface area (Å²) in [6, 6.07) is 12.0. The number of benzene rings is 2. The first-order valence-electron chi connectivity index (χ1n) is 7.02. The van der Waals surface area contributed by atoms with Gasteiger partial charge in [0.05, 0.1) is 17.1 Å². The molecule has 0 fully saturated rings. The molecule has 0 saturated carbocycles. The Labute approximate surface area is 132 Å². The first-order valence-corrected chi connectivity index (χ1v) is 7.02. The van der Waals surface area contributed by atoms with Gasteiger partial charge in [0.25, 0.3) is 5.91 Å². The van der Waals surface area contributed by atoms with E-state index in [0.717, 1.165) is 22.0 Å². The fraction of sp³-hybridized carbons (Fsp3) is 0.111. The number of nitrogens with zero attached hydrogens (tertiary/aromatic N) is 2. The van der Waals surface area contributed by atoms with Gasteiger partial charge in [-0.05, 0) is 48.4 Å². The minimum atomic E-state index is -0.538. The molecule has 3 rings (SSSR count). The van der Waals surface area contributed by atoms with Crippen LogP contribution in [0.5, 0.6) is 0 Å².